The Kier molecular flexibility index (Phi) is 3.77. The number of aliphatic carboxylic acids is 1. The quantitative estimate of drug-likeness (QED) is 0.766. The predicted molar refractivity (Wildman–Crippen MR) is 55.7 cm³/mol. The number of rotatable bonds is 4. The minimum Gasteiger partial charge on any atom is -0.867 e. The summed E-state index contributed by atoms with van der Waals surface area (Å²) in [5.41, 5.74) is 0.524. The molecule has 0 unspecified atom stereocenters. The molecule has 0 radical (unpaired) electrons. The molecule has 0 aliphatic carbocycles. The van der Waals surface area contributed by atoms with Crippen molar-refractivity contribution in [2.45, 2.75) is 0 Å². The summed E-state index contributed by atoms with van der Waals surface area (Å²) in [5.74, 6) is -1.20. The monoisotopic (exact) mass is 223 g/mol. The van der Waals surface area contributed by atoms with Crippen LogP contribution in [0.4, 0.5) is 0 Å². The minimum absolute atomic E-state index is 0.115. The molecule has 0 fully saturated rings. The average Bonchev–Trinajstić information content (AvgIpc) is 2.27. The summed E-state index contributed by atoms with van der Waals surface area (Å²) < 4.78 is 9.72. The summed E-state index contributed by atoms with van der Waals surface area (Å²) in [6.07, 6.45) is 2.32. The number of carboxylic acid groups (broad SMARTS) is 1. The third kappa shape index (κ3) is 2.66. The summed E-state index contributed by atoms with van der Waals surface area (Å²) in [5, 5.41) is 20.0. The third-order valence-corrected chi connectivity index (χ3v) is 1.90. The third-order valence-electron chi connectivity index (χ3n) is 1.90. The van der Waals surface area contributed by atoms with E-state index in [1.807, 2.05) is 0 Å². The first-order valence-electron chi connectivity index (χ1n) is 4.42. The molecule has 1 N–H and O–H groups in total. The van der Waals surface area contributed by atoms with Crippen LogP contribution in [0.3, 0.4) is 0 Å². The van der Waals surface area contributed by atoms with Gasteiger partial charge in [-0.15, -0.1) is 0 Å². The maximum absolute atomic E-state index is 11.5. The molecule has 86 valence electrons. The molecular weight excluding hydrogens is 212 g/mol. The van der Waals surface area contributed by atoms with Crippen LogP contribution in [0.25, 0.3) is 6.08 Å². The summed E-state index contributed by atoms with van der Waals surface area (Å²) in [6, 6.07) is 2.90. The first kappa shape index (κ1) is 11.9. The molecule has 5 nitrogen and oxygen atoms in total. The van der Waals surface area contributed by atoms with Gasteiger partial charge in [0.25, 0.3) is 0 Å². The highest BCUT2D eigenvalue weighted by molar-refractivity contribution is 5.85. The van der Waals surface area contributed by atoms with Crippen molar-refractivity contribution < 1.29 is 24.5 Å². The summed E-state index contributed by atoms with van der Waals surface area (Å²) in [6.45, 7) is 0. The van der Waals surface area contributed by atoms with Crippen molar-refractivity contribution in [1.29, 1.82) is 0 Å². The molecule has 16 heavy (non-hydrogen) atoms. The fourth-order valence-electron chi connectivity index (χ4n) is 1.16. The van der Waals surface area contributed by atoms with Crippen LogP contribution in [0.15, 0.2) is 18.2 Å². The van der Waals surface area contributed by atoms with Gasteiger partial charge in [0.2, 0.25) is 0 Å². The lowest BCUT2D eigenvalue weighted by Gasteiger charge is -2.17. The number of methoxy groups -OCH3 is 2. The zero-order valence-corrected chi connectivity index (χ0v) is 8.89. The van der Waals surface area contributed by atoms with Gasteiger partial charge in [0.15, 0.2) is 0 Å². The fourth-order valence-corrected chi connectivity index (χ4v) is 1.16. The number of benzene rings is 1. The van der Waals surface area contributed by atoms with Gasteiger partial charge in [-0.05, 0) is 29.5 Å². The molecule has 0 saturated heterocycles. The van der Waals surface area contributed by atoms with Crippen LogP contribution in [0, 0.1) is 0 Å². The van der Waals surface area contributed by atoms with Gasteiger partial charge in [-0.2, -0.15) is 0 Å². The molecule has 0 heterocycles. The van der Waals surface area contributed by atoms with Crippen molar-refractivity contribution in [3.05, 3.63) is 23.8 Å². The highest BCUT2D eigenvalue weighted by Crippen LogP contribution is 2.34. The molecule has 1 aromatic carbocycles. The molecule has 0 atom stereocenters. The van der Waals surface area contributed by atoms with Gasteiger partial charge < -0.3 is 19.7 Å². The molecule has 0 saturated carbocycles. The molecule has 0 aromatic heterocycles. The molecule has 5 heteroatoms. The minimum atomic E-state index is -1.07. The SMILES string of the molecule is COc1cc(/C=C/C(=O)O)cc(OC)c1[O-]. The van der Waals surface area contributed by atoms with Crippen molar-refractivity contribution >= 4 is 12.0 Å². The Bertz CT molecular complexity index is 397. The molecule has 0 aliphatic rings. The Morgan fingerprint density at radius 1 is 1.31 bits per heavy atom. The molecule has 0 aliphatic heterocycles. The smallest absolute Gasteiger partial charge is 0.328 e. The first-order valence-corrected chi connectivity index (χ1v) is 4.42. The van der Waals surface area contributed by atoms with Crippen LogP contribution in [0.2, 0.25) is 0 Å². The number of carbonyl (C=O) groups is 1. The van der Waals surface area contributed by atoms with E-state index in [-0.39, 0.29) is 17.2 Å². The second kappa shape index (κ2) is 5.06. The van der Waals surface area contributed by atoms with Crippen LogP contribution < -0.4 is 14.6 Å². The first-order chi connectivity index (χ1) is 7.58. The largest absolute Gasteiger partial charge is 0.867 e. The highest BCUT2D eigenvalue weighted by atomic mass is 16.5. The zero-order chi connectivity index (χ0) is 12.1. The van der Waals surface area contributed by atoms with Crippen LogP contribution in [-0.4, -0.2) is 25.3 Å². The lowest BCUT2D eigenvalue weighted by atomic mass is 10.1. The Hall–Kier alpha value is -2.17. The van der Waals surface area contributed by atoms with Gasteiger partial charge in [-0.1, -0.05) is 0 Å². The van der Waals surface area contributed by atoms with Gasteiger partial charge in [0.05, 0.1) is 14.2 Å². The van der Waals surface area contributed by atoms with Gasteiger partial charge in [-0.25, -0.2) is 4.79 Å². The van der Waals surface area contributed by atoms with Gasteiger partial charge in [0, 0.05) is 6.08 Å². The molecular formula is C11H11O5-. The van der Waals surface area contributed by atoms with Crippen LogP contribution in [0.1, 0.15) is 5.56 Å². The Labute approximate surface area is 92.5 Å². The zero-order valence-electron chi connectivity index (χ0n) is 8.89. The van der Waals surface area contributed by atoms with Crippen LogP contribution in [-0.2, 0) is 4.79 Å². The summed E-state index contributed by atoms with van der Waals surface area (Å²) in [7, 11) is 2.72. The van der Waals surface area contributed by atoms with Crippen molar-refractivity contribution in [1.82, 2.24) is 0 Å². The van der Waals surface area contributed by atoms with E-state index in [4.69, 9.17) is 14.6 Å². The van der Waals surface area contributed by atoms with E-state index >= 15 is 0 Å². The fraction of sp³-hybridized carbons (Fsp3) is 0.182. The molecule has 0 amide bonds. The molecule has 0 spiro atoms. The van der Waals surface area contributed by atoms with Crippen LogP contribution >= 0.6 is 0 Å². The van der Waals surface area contributed by atoms with E-state index < -0.39 is 5.97 Å². The van der Waals surface area contributed by atoms with Gasteiger partial charge in [-0.3, -0.25) is 0 Å². The summed E-state index contributed by atoms with van der Waals surface area (Å²) >= 11 is 0. The van der Waals surface area contributed by atoms with E-state index in [0.717, 1.165) is 6.08 Å². The van der Waals surface area contributed by atoms with Crippen molar-refractivity contribution in [2.75, 3.05) is 14.2 Å². The van der Waals surface area contributed by atoms with E-state index in [1.54, 1.807) is 0 Å². The lowest BCUT2D eigenvalue weighted by Crippen LogP contribution is -1.99. The number of carboxylic acids is 1. The second-order valence-corrected chi connectivity index (χ2v) is 2.93. The highest BCUT2D eigenvalue weighted by Gasteiger charge is 2.03. The number of hydrogen-bond acceptors (Lipinski definition) is 4. The Morgan fingerprint density at radius 3 is 2.19 bits per heavy atom. The van der Waals surface area contributed by atoms with Crippen molar-refractivity contribution in [3.8, 4) is 17.2 Å². The maximum atomic E-state index is 11.5. The van der Waals surface area contributed by atoms with E-state index in [9.17, 15) is 9.90 Å². The lowest BCUT2D eigenvalue weighted by molar-refractivity contribution is -0.271. The second-order valence-electron chi connectivity index (χ2n) is 2.93. The van der Waals surface area contributed by atoms with Crippen molar-refractivity contribution in [3.63, 3.8) is 0 Å². The molecule has 1 rings (SSSR count). The topological polar surface area (TPSA) is 78.8 Å². The standard InChI is InChI=1S/C11H12O5/c1-15-8-5-7(3-4-10(12)13)6-9(16-2)11(8)14/h3-6,14H,1-2H3,(H,12,13)/p-1/b4-3+. The van der Waals surface area contributed by atoms with E-state index in [2.05, 4.69) is 0 Å². The molecule has 1 aromatic rings. The number of hydrogen-bond donors (Lipinski definition) is 1. The molecule has 0 bridgehead atoms. The maximum Gasteiger partial charge on any atom is 0.328 e. The van der Waals surface area contributed by atoms with E-state index in [0.29, 0.717) is 5.56 Å². The Balaban J connectivity index is 3.16. The van der Waals surface area contributed by atoms with E-state index in [1.165, 1.54) is 32.4 Å². The Morgan fingerprint density at radius 2 is 1.81 bits per heavy atom. The normalized spacial score (nSPS) is 10.4. The number of ether oxygens (including phenoxy) is 2. The van der Waals surface area contributed by atoms with Gasteiger partial charge in [0.1, 0.15) is 11.5 Å². The van der Waals surface area contributed by atoms with Crippen molar-refractivity contribution in [2.24, 2.45) is 0 Å². The van der Waals surface area contributed by atoms with Crippen LogP contribution in [0.5, 0.6) is 17.2 Å². The summed E-state index contributed by atoms with van der Waals surface area (Å²) in [4.78, 5) is 10.3. The predicted octanol–water partition coefficient (Wildman–Crippen LogP) is 0.875. The van der Waals surface area contributed by atoms with Gasteiger partial charge >= 0.3 is 5.97 Å². The average molecular weight is 223 g/mol.